The number of nitro groups is 1. The summed E-state index contributed by atoms with van der Waals surface area (Å²) in [5.41, 5.74) is -1.25. The first-order valence-electron chi connectivity index (χ1n) is 8.56. The van der Waals surface area contributed by atoms with Crippen molar-refractivity contribution in [3.05, 3.63) is 80.3 Å². The molecule has 1 aliphatic heterocycles. The molecular weight excluding hydrogens is 412 g/mol. The Hall–Kier alpha value is -2.25. The monoisotopic (exact) mass is 432 g/mol. The summed E-state index contributed by atoms with van der Waals surface area (Å²) in [5, 5.41) is 15.6. The van der Waals surface area contributed by atoms with Gasteiger partial charge in [0.25, 0.3) is 0 Å². The highest BCUT2D eigenvalue weighted by molar-refractivity contribution is 9.10. The number of hydrogen-bond donors (Lipinski definition) is 1. The van der Waals surface area contributed by atoms with Gasteiger partial charge in [-0.15, -0.1) is 0 Å². The molecule has 2 aromatic rings. The van der Waals surface area contributed by atoms with Crippen molar-refractivity contribution in [1.82, 2.24) is 5.32 Å². The lowest BCUT2D eigenvalue weighted by molar-refractivity contribution is -0.571. The molecule has 0 radical (unpaired) electrons. The summed E-state index contributed by atoms with van der Waals surface area (Å²) in [5.74, 6) is -1.24. The molecule has 1 N–H and O–H groups in total. The molecule has 142 valence electrons. The van der Waals surface area contributed by atoms with Gasteiger partial charge in [-0.05, 0) is 30.2 Å². The largest absolute Gasteiger partial charge is 0.468 e. The first-order valence-corrected chi connectivity index (χ1v) is 9.35. The second-order valence-corrected chi connectivity index (χ2v) is 8.07. The van der Waals surface area contributed by atoms with E-state index in [0.29, 0.717) is 0 Å². The normalized spacial score (nSPS) is 30.1. The second-order valence-electron chi connectivity index (χ2n) is 7.15. The van der Waals surface area contributed by atoms with Gasteiger partial charge in [0.1, 0.15) is 11.6 Å². The van der Waals surface area contributed by atoms with Crippen molar-refractivity contribution in [3.63, 3.8) is 0 Å². The smallest absolute Gasteiger partial charge is 0.326 e. The number of rotatable bonds is 4. The van der Waals surface area contributed by atoms with Crippen molar-refractivity contribution in [2.24, 2.45) is 0 Å². The van der Waals surface area contributed by atoms with Crippen LogP contribution >= 0.6 is 15.9 Å². The highest BCUT2D eigenvalue weighted by Gasteiger charge is 2.69. The van der Waals surface area contributed by atoms with Crippen molar-refractivity contribution in [1.29, 1.82) is 0 Å². The van der Waals surface area contributed by atoms with E-state index in [9.17, 15) is 14.9 Å². The molecule has 3 rings (SSSR count). The lowest BCUT2D eigenvalue weighted by Gasteiger charge is -2.32. The van der Waals surface area contributed by atoms with Crippen LogP contribution in [0.4, 0.5) is 0 Å². The van der Waals surface area contributed by atoms with Crippen molar-refractivity contribution in [2.75, 3.05) is 7.11 Å². The maximum absolute atomic E-state index is 12.7. The molecule has 1 saturated heterocycles. The number of carbonyl (C=O) groups is 1. The zero-order valence-corrected chi connectivity index (χ0v) is 16.9. The Balaban J connectivity index is 2.24. The summed E-state index contributed by atoms with van der Waals surface area (Å²) < 4.78 is 5.91. The molecule has 6 nitrogen and oxygen atoms in total. The summed E-state index contributed by atoms with van der Waals surface area (Å²) in [6.45, 7) is 3.27. The number of ether oxygens (including phenoxy) is 1. The Morgan fingerprint density at radius 2 is 1.70 bits per heavy atom. The average molecular weight is 433 g/mol. The van der Waals surface area contributed by atoms with Crippen LogP contribution in [-0.2, 0) is 9.53 Å². The summed E-state index contributed by atoms with van der Waals surface area (Å²) >= 11 is 3.39. The molecule has 0 bridgehead atoms. The predicted octanol–water partition coefficient (Wildman–Crippen LogP) is 3.84. The van der Waals surface area contributed by atoms with Gasteiger partial charge in [0.15, 0.2) is 0 Å². The van der Waals surface area contributed by atoms with Crippen LogP contribution in [0, 0.1) is 10.1 Å². The number of nitrogens with zero attached hydrogens (tertiary/aromatic N) is 1. The van der Waals surface area contributed by atoms with Crippen molar-refractivity contribution < 1.29 is 14.5 Å². The summed E-state index contributed by atoms with van der Waals surface area (Å²) in [6.07, 6.45) is 0. The number of hydrogen-bond acceptors (Lipinski definition) is 5. The zero-order valence-electron chi connectivity index (χ0n) is 15.3. The molecule has 0 spiro atoms. The van der Waals surface area contributed by atoms with E-state index in [2.05, 4.69) is 21.2 Å². The zero-order chi connectivity index (χ0) is 19.8. The molecule has 7 heteroatoms. The van der Waals surface area contributed by atoms with Gasteiger partial charge in [0.2, 0.25) is 5.54 Å². The van der Waals surface area contributed by atoms with Gasteiger partial charge >= 0.3 is 5.97 Å². The third-order valence-electron chi connectivity index (χ3n) is 5.53. The fourth-order valence-electron chi connectivity index (χ4n) is 4.27. The maximum atomic E-state index is 12.7. The second kappa shape index (κ2) is 7.05. The Morgan fingerprint density at radius 3 is 2.22 bits per heavy atom. The molecule has 0 saturated carbocycles. The minimum absolute atomic E-state index is 0.279. The van der Waals surface area contributed by atoms with Gasteiger partial charge < -0.3 is 4.74 Å². The Labute approximate surface area is 166 Å². The number of nitrogens with one attached hydrogen (secondary N) is 1. The fourth-order valence-corrected chi connectivity index (χ4v) is 4.54. The van der Waals surface area contributed by atoms with Gasteiger partial charge in [-0.2, -0.15) is 0 Å². The van der Waals surface area contributed by atoms with E-state index in [1.807, 2.05) is 54.6 Å². The number of methoxy groups -OCH3 is 1. The molecule has 1 aliphatic rings. The van der Waals surface area contributed by atoms with E-state index < -0.39 is 29.0 Å². The molecule has 1 heterocycles. The standard InChI is InChI=1S/C20H21BrN2O4/c1-19(18(24)27-3)16(13-7-5-4-6-8-13)20(2,23(25)26)17(22-19)14-9-11-15(21)12-10-14/h4-12,16-17,22H,1-3H3/t16-,17+,19+,20+/m1/s1. The number of benzene rings is 2. The van der Waals surface area contributed by atoms with Crippen LogP contribution < -0.4 is 5.32 Å². The lowest BCUT2D eigenvalue weighted by Crippen LogP contribution is -2.51. The van der Waals surface area contributed by atoms with Crippen molar-refractivity contribution in [3.8, 4) is 0 Å². The average Bonchev–Trinajstić information content (AvgIpc) is 2.92. The predicted molar refractivity (Wildman–Crippen MR) is 105 cm³/mol. The summed E-state index contributed by atoms with van der Waals surface area (Å²) in [4.78, 5) is 24.8. The first-order chi connectivity index (χ1) is 12.7. The molecular formula is C20H21BrN2O4. The van der Waals surface area contributed by atoms with E-state index in [4.69, 9.17) is 4.74 Å². The number of carbonyl (C=O) groups excluding carboxylic acids is 1. The Morgan fingerprint density at radius 1 is 1.11 bits per heavy atom. The van der Waals surface area contributed by atoms with E-state index in [1.54, 1.807) is 13.8 Å². The molecule has 4 atom stereocenters. The molecule has 0 amide bonds. The third kappa shape index (κ3) is 3.04. The Kier molecular flexibility index (Phi) is 5.10. The van der Waals surface area contributed by atoms with Crippen molar-refractivity contribution >= 4 is 21.9 Å². The van der Waals surface area contributed by atoms with Crippen LogP contribution in [0.3, 0.4) is 0 Å². The summed E-state index contributed by atoms with van der Waals surface area (Å²) in [7, 11) is 1.30. The fraction of sp³-hybridized carbons (Fsp3) is 0.350. The van der Waals surface area contributed by atoms with Crippen LogP contribution in [0.15, 0.2) is 59.1 Å². The van der Waals surface area contributed by atoms with E-state index >= 15 is 0 Å². The SMILES string of the molecule is COC(=O)[C@@]1(C)N[C@@H](c2ccc(Br)cc2)[C@@](C)([N+](=O)[O-])[C@@H]1c1ccccc1. The summed E-state index contributed by atoms with van der Waals surface area (Å²) in [6, 6.07) is 15.8. The first kappa shape index (κ1) is 19.5. The molecule has 0 aliphatic carbocycles. The highest BCUT2D eigenvalue weighted by atomic mass is 79.9. The number of halogens is 1. The van der Waals surface area contributed by atoms with Crippen LogP contribution in [0.25, 0.3) is 0 Å². The Bertz CT molecular complexity index is 858. The van der Waals surface area contributed by atoms with Crippen LogP contribution in [0.2, 0.25) is 0 Å². The van der Waals surface area contributed by atoms with Crippen molar-refractivity contribution in [2.45, 2.75) is 36.9 Å². The van der Waals surface area contributed by atoms with Gasteiger partial charge in [-0.1, -0.05) is 58.4 Å². The molecule has 2 aromatic carbocycles. The van der Waals surface area contributed by atoms with Gasteiger partial charge in [0, 0.05) is 16.3 Å². The molecule has 27 heavy (non-hydrogen) atoms. The van der Waals surface area contributed by atoms with Crippen LogP contribution in [0.5, 0.6) is 0 Å². The quantitative estimate of drug-likeness (QED) is 0.450. The maximum Gasteiger partial charge on any atom is 0.326 e. The molecule has 1 fully saturated rings. The molecule has 0 unspecified atom stereocenters. The topological polar surface area (TPSA) is 81.5 Å². The van der Waals surface area contributed by atoms with E-state index in [0.717, 1.165) is 15.6 Å². The van der Waals surface area contributed by atoms with Crippen LogP contribution in [0.1, 0.15) is 36.9 Å². The third-order valence-corrected chi connectivity index (χ3v) is 6.06. The van der Waals surface area contributed by atoms with E-state index in [-0.39, 0.29) is 4.92 Å². The number of esters is 1. The van der Waals surface area contributed by atoms with Crippen LogP contribution in [-0.4, -0.2) is 29.1 Å². The highest BCUT2D eigenvalue weighted by Crippen LogP contribution is 2.53. The van der Waals surface area contributed by atoms with Gasteiger partial charge in [-0.3, -0.25) is 20.2 Å². The van der Waals surface area contributed by atoms with Gasteiger partial charge in [0.05, 0.1) is 13.0 Å². The minimum Gasteiger partial charge on any atom is -0.468 e. The lowest BCUT2D eigenvalue weighted by atomic mass is 9.70. The molecule has 0 aromatic heterocycles. The van der Waals surface area contributed by atoms with Gasteiger partial charge in [-0.25, -0.2) is 0 Å². The van der Waals surface area contributed by atoms with E-state index in [1.165, 1.54) is 7.11 Å². The minimum atomic E-state index is -1.46.